The maximum absolute atomic E-state index is 13.9. The molecule has 34 heavy (non-hydrogen) atoms. The van der Waals surface area contributed by atoms with Gasteiger partial charge in [-0.3, -0.25) is 4.79 Å². The van der Waals surface area contributed by atoms with E-state index in [0.717, 1.165) is 11.1 Å². The Morgan fingerprint density at radius 2 is 1.65 bits per heavy atom. The Kier molecular flexibility index (Phi) is 5.95. The van der Waals surface area contributed by atoms with Gasteiger partial charge in [-0.1, -0.05) is 72.8 Å². The molecule has 0 radical (unpaired) electrons. The van der Waals surface area contributed by atoms with E-state index in [1.165, 1.54) is 10.7 Å². The van der Waals surface area contributed by atoms with Crippen LogP contribution in [0.25, 0.3) is 22.3 Å². The van der Waals surface area contributed by atoms with Gasteiger partial charge in [0, 0.05) is 11.1 Å². The molecular formula is C28H20FN3O2. The molecule has 0 atom stereocenters. The van der Waals surface area contributed by atoms with Gasteiger partial charge in [-0.2, -0.15) is 9.78 Å². The fourth-order valence-electron chi connectivity index (χ4n) is 3.59. The highest BCUT2D eigenvalue weighted by atomic mass is 19.1. The number of aromatic nitrogens is 2. The van der Waals surface area contributed by atoms with Gasteiger partial charge in [0.15, 0.2) is 5.82 Å². The first-order chi connectivity index (χ1) is 16.7. The van der Waals surface area contributed by atoms with Crippen LogP contribution in [0.5, 0.6) is 5.75 Å². The van der Waals surface area contributed by atoms with Crippen molar-refractivity contribution in [3.63, 3.8) is 0 Å². The molecule has 0 spiro atoms. The first kappa shape index (κ1) is 21.3. The van der Waals surface area contributed by atoms with E-state index in [1.54, 1.807) is 48.7 Å². The summed E-state index contributed by atoms with van der Waals surface area (Å²) in [5, 5.41) is 4.96. The first-order valence-corrected chi connectivity index (χ1v) is 10.8. The van der Waals surface area contributed by atoms with E-state index in [2.05, 4.69) is 5.10 Å². The topological polar surface area (TPSA) is 56.5 Å². The third kappa shape index (κ3) is 4.47. The largest absolute Gasteiger partial charge is 0.489 e. The van der Waals surface area contributed by atoms with Crippen molar-refractivity contribution in [1.29, 1.82) is 0 Å². The molecule has 0 fully saturated rings. The van der Waals surface area contributed by atoms with Crippen LogP contribution in [0.1, 0.15) is 11.1 Å². The SMILES string of the molecule is O=c1c2ccccc2nc(-c2ccccc2)n1N=Cc1cccc(OCc2ccccc2F)c1. The Morgan fingerprint density at radius 1 is 0.882 bits per heavy atom. The van der Waals surface area contributed by atoms with Gasteiger partial charge in [0.05, 0.1) is 17.1 Å². The fourth-order valence-corrected chi connectivity index (χ4v) is 3.59. The second-order valence-electron chi connectivity index (χ2n) is 7.63. The molecule has 0 N–H and O–H groups in total. The molecule has 166 valence electrons. The highest BCUT2D eigenvalue weighted by molar-refractivity contribution is 5.82. The molecule has 0 amide bonds. The molecule has 5 nitrogen and oxygen atoms in total. The zero-order valence-electron chi connectivity index (χ0n) is 18.1. The van der Waals surface area contributed by atoms with Crippen molar-refractivity contribution in [2.45, 2.75) is 6.61 Å². The number of ether oxygens (including phenoxy) is 1. The van der Waals surface area contributed by atoms with Gasteiger partial charge in [-0.15, -0.1) is 0 Å². The fraction of sp³-hybridized carbons (Fsp3) is 0.0357. The summed E-state index contributed by atoms with van der Waals surface area (Å²) in [6, 6.07) is 30.4. The van der Waals surface area contributed by atoms with Crippen molar-refractivity contribution in [3.05, 3.63) is 130 Å². The summed E-state index contributed by atoms with van der Waals surface area (Å²) in [5.74, 6) is 0.712. The van der Waals surface area contributed by atoms with E-state index < -0.39 is 0 Å². The van der Waals surface area contributed by atoms with Gasteiger partial charge in [-0.25, -0.2) is 9.37 Å². The van der Waals surface area contributed by atoms with Gasteiger partial charge in [0.25, 0.3) is 5.56 Å². The Hall–Kier alpha value is -4.58. The number of halogens is 1. The normalized spacial score (nSPS) is 11.2. The van der Waals surface area contributed by atoms with Crippen molar-refractivity contribution >= 4 is 17.1 Å². The van der Waals surface area contributed by atoms with E-state index in [-0.39, 0.29) is 18.0 Å². The van der Waals surface area contributed by atoms with Gasteiger partial charge in [-0.05, 0) is 35.9 Å². The summed E-state index contributed by atoms with van der Waals surface area (Å²) in [4.78, 5) is 17.9. The molecule has 0 saturated heterocycles. The standard InChI is InChI=1S/C28H20FN3O2/c29-25-15-6-4-12-22(25)19-34-23-13-8-9-20(17-23)18-30-32-27(21-10-2-1-3-11-21)31-26-16-7-5-14-24(26)28(32)33/h1-18H,19H2. The summed E-state index contributed by atoms with van der Waals surface area (Å²) in [7, 11) is 0. The Bertz CT molecular complexity index is 1540. The number of rotatable bonds is 6. The van der Waals surface area contributed by atoms with Gasteiger partial charge in [0.1, 0.15) is 18.2 Å². The van der Waals surface area contributed by atoms with Crippen LogP contribution >= 0.6 is 0 Å². The van der Waals surface area contributed by atoms with E-state index >= 15 is 0 Å². The van der Waals surface area contributed by atoms with Gasteiger partial charge >= 0.3 is 0 Å². The maximum Gasteiger partial charge on any atom is 0.282 e. The summed E-state index contributed by atoms with van der Waals surface area (Å²) >= 11 is 0. The van der Waals surface area contributed by atoms with E-state index in [4.69, 9.17) is 9.72 Å². The first-order valence-electron chi connectivity index (χ1n) is 10.8. The molecule has 0 aliphatic rings. The predicted octanol–water partition coefficient (Wildman–Crippen LogP) is 5.66. The van der Waals surface area contributed by atoms with Crippen LogP contribution in [0.4, 0.5) is 4.39 Å². The van der Waals surface area contributed by atoms with Crippen LogP contribution < -0.4 is 10.3 Å². The molecule has 0 unspecified atom stereocenters. The Morgan fingerprint density at radius 3 is 2.50 bits per heavy atom. The second-order valence-corrected chi connectivity index (χ2v) is 7.63. The molecule has 1 aromatic heterocycles. The average Bonchev–Trinajstić information content (AvgIpc) is 2.88. The van der Waals surface area contributed by atoms with Crippen LogP contribution in [0.3, 0.4) is 0 Å². The molecule has 5 rings (SSSR count). The zero-order valence-corrected chi connectivity index (χ0v) is 18.1. The number of nitrogens with zero attached hydrogens (tertiary/aromatic N) is 3. The zero-order chi connectivity index (χ0) is 23.3. The smallest absolute Gasteiger partial charge is 0.282 e. The number of hydrogen-bond acceptors (Lipinski definition) is 4. The average molecular weight is 449 g/mol. The predicted molar refractivity (Wildman–Crippen MR) is 132 cm³/mol. The number of hydrogen-bond donors (Lipinski definition) is 0. The van der Waals surface area contributed by atoms with E-state index in [1.807, 2.05) is 54.6 Å². The molecule has 1 heterocycles. The van der Waals surface area contributed by atoms with E-state index in [9.17, 15) is 9.18 Å². The number of para-hydroxylation sites is 1. The summed E-state index contributed by atoms with van der Waals surface area (Å²) in [5.41, 5.74) is 2.34. The third-order valence-corrected chi connectivity index (χ3v) is 5.32. The minimum Gasteiger partial charge on any atom is -0.489 e. The third-order valence-electron chi connectivity index (χ3n) is 5.32. The van der Waals surface area contributed by atoms with Crippen LogP contribution in [-0.4, -0.2) is 15.9 Å². The Labute approximate surface area is 195 Å². The number of fused-ring (bicyclic) bond motifs is 1. The molecule has 4 aromatic carbocycles. The highest BCUT2D eigenvalue weighted by Crippen LogP contribution is 2.19. The van der Waals surface area contributed by atoms with Crippen LogP contribution in [-0.2, 0) is 6.61 Å². The van der Waals surface area contributed by atoms with Crippen molar-refractivity contribution in [2.24, 2.45) is 5.10 Å². The molecule has 0 aliphatic carbocycles. The molecule has 5 aromatic rings. The summed E-state index contributed by atoms with van der Waals surface area (Å²) in [6.07, 6.45) is 1.58. The molecule has 6 heteroatoms. The van der Waals surface area contributed by atoms with Crippen LogP contribution in [0, 0.1) is 5.82 Å². The lowest BCUT2D eigenvalue weighted by atomic mass is 10.2. The molecule has 0 saturated carbocycles. The lowest BCUT2D eigenvalue weighted by Crippen LogP contribution is -2.20. The highest BCUT2D eigenvalue weighted by Gasteiger charge is 2.12. The van der Waals surface area contributed by atoms with Gasteiger partial charge in [0.2, 0.25) is 0 Å². The molecule has 0 bridgehead atoms. The lowest BCUT2D eigenvalue weighted by Gasteiger charge is -2.10. The van der Waals surface area contributed by atoms with E-state index in [0.29, 0.717) is 28.0 Å². The molecule has 0 aliphatic heterocycles. The minimum absolute atomic E-state index is 0.111. The van der Waals surface area contributed by atoms with Crippen LogP contribution in [0.15, 0.2) is 113 Å². The summed E-state index contributed by atoms with van der Waals surface area (Å²) in [6.45, 7) is 0.111. The lowest BCUT2D eigenvalue weighted by molar-refractivity contribution is 0.300. The second kappa shape index (κ2) is 9.50. The summed E-state index contributed by atoms with van der Waals surface area (Å²) < 4.78 is 20.9. The quantitative estimate of drug-likeness (QED) is 0.314. The molecular weight excluding hydrogens is 429 g/mol. The van der Waals surface area contributed by atoms with Gasteiger partial charge < -0.3 is 4.74 Å². The van der Waals surface area contributed by atoms with Crippen molar-refractivity contribution < 1.29 is 9.13 Å². The van der Waals surface area contributed by atoms with Crippen LogP contribution in [0.2, 0.25) is 0 Å². The van der Waals surface area contributed by atoms with Crippen molar-refractivity contribution in [3.8, 4) is 17.1 Å². The monoisotopic (exact) mass is 449 g/mol. The van der Waals surface area contributed by atoms with Crippen molar-refractivity contribution in [1.82, 2.24) is 9.66 Å². The van der Waals surface area contributed by atoms with Crippen molar-refractivity contribution in [2.75, 3.05) is 0 Å². The number of benzene rings is 4. The Balaban J connectivity index is 1.48. The minimum atomic E-state index is -0.308. The maximum atomic E-state index is 13.9.